The van der Waals surface area contributed by atoms with Crippen molar-refractivity contribution in [2.24, 2.45) is 0 Å². The summed E-state index contributed by atoms with van der Waals surface area (Å²) in [7, 11) is 1.71. The molecule has 1 aliphatic heterocycles. The third-order valence-corrected chi connectivity index (χ3v) is 3.21. The SMILES string of the molecule is COC1CCN(C(=O)c2cccc(Cl)n2)CC1. The Bertz CT molecular complexity index is 403. The predicted octanol–water partition coefficient (Wildman–Crippen LogP) is 1.99. The molecule has 1 amide bonds. The van der Waals surface area contributed by atoms with Gasteiger partial charge in [-0.25, -0.2) is 4.98 Å². The summed E-state index contributed by atoms with van der Waals surface area (Å²) < 4.78 is 5.27. The van der Waals surface area contributed by atoms with Gasteiger partial charge >= 0.3 is 0 Å². The molecule has 2 heterocycles. The molecule has 0 unspecified atom stereocenters. The van der Waals surface area contributed by atoms with Crippen LogP contribution in [0.15, 0.2) is 18.2 Å². The van der Waals surface area contributed by atoms with Gasteiger partial charge in [0.25, 0.3) is 5.91 Å². The molecule has 0 N–H and O–H groups in total. The van der Waals surface area contributed by atoms with Crippen LogP contribution in [0.25, 0.3) is 0 Å². The summed E-state index contributed by atoms with van der Waals surface area (Å²) in [6, 6.07) is 5.09. The van der Waals surface area contributed by atoms with Gasteiger partial charge < -0.3 is 9.64 Å². The van der Waals surface area contributed by atoms with E-state index in [0.717, 1.165) is 12.8 Å². The molecule has 0 atom stereocenters. The predicted molar refractivity (Wildman–Crippen MR) is 65.2 cm³/mol. The van der Waals surface area contributed by atoms with Crippen molar-refractivity contribution >= 4 is 17.5 Å². The smallest absolute Gasteiger partial charge is 0.272 e. The number of likely N-dealkylation sites (tertiary alicyclic amines) is 1. The maximum atomic E-state index is 12.1. The van der Waals surface area contributed by atoms with E-state index in [0.29, 0.717) is 23.9 Å². The van der Waals surface area contributed by atoms with Crippen LogP contribution >= 0.6 is 11.6 Å². The highest BCUT2D eigenvalue weighted by atomic mass is 35.5. The van der Waals surface area contributed by atoms with E-state index >= 15 is 0 Å². The Labute approximate surface area is 106 Å². The summed E-state index contributed by atoms with van der Waals surface area (Å²) in [5.74, 6) is -0.0537. The van der Waals surface area contributed by atoms with Crippen LogP contribution in [-0.2, 0) is 4.74 Å². The summed E-state index contributed by atoms with van der Waals surface area (Å²) in [5, 5.41) is 0.350. The lowest BCUT2D eigenvalue weighted by Crippen LogP contribution is -2.40. The number of pyridine rings is 1. The van der Waals surface area contributed by atoms with Crippen molar-refractivity contribution < 1.29 is 9.53 Å². The number of halogens is 1. The third-order valence-electron chi connectivity index (χ3n) is 3.00. The molecule has 5 heteroatoms. The number of ether oxygens (including phenoxy) is 1. The molecule has 1 aromatic rings. The first kappa shape index (κ1) is 12.3. The van der Waals surface area contributed by atoms with Crippen LogP contribution in [0, 0.1) is 0 Å². The first-order valence-corrected chi connectivity index (χ1v) is 6.03. The molecule has 17 heavy (non-hydrogen) atoms. The number of hydrogen-bond acceptors (Lipinski definition) is 3. The molecule has 4 nitrogen and oxygen atoms in total. The second-order valence-corrected chi connectivity index (χ2v) is 4.46. The number of nitrogens with zero attached hydrogens (tertiary/aromatic N) is 2. The molecular formula is C12H15ClN2O2. The highest BCUT2D eigenvalue weighted by Crippen LogP contribution is 2.15. The molecule has 1 fully saturated rings. The van der Waals surface area contributed by atoms with E-state index in [2.05, 4.69) is 4.98 Å². The van der Waals surface area contributed by atoms with Gasteiger partial charge in [-0.3, -0.25) is 4.79 Å². The van der Waals surface area contributed by atoms with Gasteiger partial charge in [-0.1, -0.05) is 17.7 Å². The lowest BCUT2D eigenvalue weighted by molar-refractivity contribution is 0.0347. The summed E-state index contributed by atoms with van der Waals surface area (Å²) in [6.45, 7) is 1.43. The molecule has 92 valence electrons. The van der Waals surface area contributed by atoms with Gasteiger partial charge in [0, 0.05) is 20.2 Å². The highest BCUT2D eigenvalue weighted by molar-refractivity contribution is 6.29. The minimum absolute atomic E-state index is 0.0537. The number of hydrogen-bond donors (Lipinski definition) is 0. The van der Waals surface area contributed by atoms with Gasteiger partial charge in [-0.05, 0) is 25.0 Å². The molecule has 2 rings (SSSR count). The Hall–Kier alpha value is -1.13. The monoisotopic (exact) mass is 254 g/mol. The standard InChI is InChI=1S/C12H15ClN2O2/c1-17-9-5-7-15(8-6-9)12(16)10-3-2-4-11(13)14-10/h2-4,9H,5-8H2,1H3. The number of carbonyl (C=O) groups is 1. The molecule has 1 aromatic heterocycles. The summed E-state index contributed by atoms with van der Waals surface area (Å²) >= 11 is 5.77. The number of rotatable bonds is 2. The first-order chi connectivity index (χ1) is 8.20. The molecule has 0 aliphatic carbocycles. The van der Waals surface area contributed by atoms with Crippen LogP contribution < -0.4 is 0 Å². The fraction of sp³-hybridized carbons (Fsp3) is 0.500. The summed E-state index contributed by atoms with van der Waals surface area (Å²) in [4.78, 5) is 17.9. The van der Waals surface area contributed by atoms with E-state index in [1.165, 1.54) is 0 Å². The quantitative estimate of drug-likeness (QED) is 0.758. The lowest BCUT2D eigenvalue weighted by atomic mass is 10.1. The van der Waals surface area contributed by atoms with Crippen molar-refractivity contribution in [2.75, 3.05) is 20.2 Å². The van der Waals surface area contributed by atoms with Gasteiger partial charge in [-0.2, -0.15) is 0 Å². The van der Waals surface area contributed by atoms with Crippen LogP contribution in [0.2, 0.25) is 5.15 Å². The Morgan fingerprint density at radius 3 is 2.76 bits per heavy atom. The third kappa shape index (κ3) is 2.96. The summed E-state index contributed by atoms with van der Waals surface area (Å²) in [6.07, 6.45) is 2.03. The molecule has 0 saturated carbocycles. The van der Waals surface area contributed by atoms with Gasteiger partial charge in [-0.15, -0.1) is 0 Å². The van der Waals surface area contributed by atoms with E-state index in [9.17, 15) is 4.79 Å². The van der Waals surface area contributed by atoms with Crippen LogP contribution in [0.5, 0.6) is 0 Å². The first-order valence-electron chi connectivity index (χ1n) is 5.65. The van der Waals surface area contributed by atoms with E-state index in [-0.39, 0.29) is 12.0 Å². The van der Waals surface area contributed by atoms with E-state index in [1.807, 2.05) is 0 Å². The molecule has 0 bridgehead atoms. The summed E-state index contributed by atoms with van der Waals surface area (Å²) in [5.41, 5.74) is 0.411. The molecule has 0 radical (unpaired) electrons. The average molecular weight is 255 g/mol. The van der Waals surface area contributed by atoms with Crippen molar-refractivity contribution in [3.8, 4) is 0 Å². The minimum Gasteiger partial charge on any atom is -0.381 e. The fourth-order valence-electron chi connectivity index (χ4n) is 1.98. The van der Waals surface area contributed by atoms with E-state index in [1.54, 1.807) is 30.2 Å². The van der Waals surface area contributed by atoms with Crippen LogP contribution in [-0.4, -0.2) is 42.1 Å². The maximum absolute atomic E-state index is 12.1. The van der Waals surface area contributed by atoms with Crippen LogP contribution in [0.4, 0.5) is 0 Å². The van der Waals surface area contributed by atoms with Gasteiger partial charge in [0.15, 0.2) is 0 Å². The minimum atomic E-state index is -0.0537. The molecule has 1 saturated heterocycles. The molecular weight excluding hydrogens is 240 g/mol. The van der Waals surface area contributed by atoms with Crippen molar-refractivity contribution in [3.05, 3.63) is 29.0 Å². The number of aromatic nitrogens is 1. The average Bonchev–Trinajstić information content (AvgIpc) is 2.38. The molecule has 0 spiro atoms. The fourth-order valence-corrected chi connectivity index (χ4v) is 2.15. The van der Waals surface area contributed by atoms with Crippen molar-refractivity contribution in [3.63, 3.8) is 0 Å². The van der Waals surface area contributed by atoms with Gasteiger partial charge in [0.1, 0.15) is 10.8 Å². The van der Waals surface area contributed by atoms with E-state index < -0.39 is 0 Å². The van der Waals surface area contributed by atoms with Crippen molar-refractivity contribution in [1.82, 2.24) is 9.88 Å². The Kier molecular flexibility index (Phi) is 3.97. The van der Waals surface area contributed by atoms with Gasteiger partial charge in [0.05, 0.1) is 6.10 Å². The normalized spacial score (nSPS) is 17.2. The topological polar surface area (TPSA) is 42.4 Å². The second kappa shape index (κ2) is 5.47. The lowest BCUT2D eigenvalue weighted by Gasteiger charge is -2.30. The Morgan fingerprint density at radius 2 is 2.18 bits per heavy atom. The largest absolute Gasteiger partial charge is 0.381 e. The zero-order valence-electron chi connectivity index (χ0n) is 9.73. The van der Waals surface area contributed by atoms with Crippen molar-refractivity contribution in [1.29, 1.82) is 0 Å². The van der Waals surface area contributed by atoms with Gasteiger partial charge in [0.2, 0.25) is 0 Å². The zero-order valence-corrected chi connectivity index (χ0v) is 10.5. The second-order valence-electron chi connectivity index (χ2n) is 4.07. The van der Waals surface area contributed by atoms with Crippen molar-refractivity contribution in [2.45, 2.75) is 18.9 Å². The highest BCUT2D eigenvalue weighted by Gasteiger charge is 2.24. The molecule has 1 aliphatic rings. The van der Waals surface area contributed by atoms with Crippen LogP contribution in [0.3, 0.4) is 0 Å². The number of amides is 1. The van der Waals surface area contributed by atoms with E-state index in [4.69, 9.17) is 16.3 Å². The Morgan fingerprint density at radius 1 is 1.47 bits per heavy atom. The zero-order chi connectivity index (χ0) is 12.3. The molecule has 0 aromatic carbocycles. The maximum Gasteiger partial charge on any atom is 0.272 e. The number of piperidine rings is 1. The van der Waals surface area contributed by atoms with Crippen LogP contribution in [0.1, 0.15) is 23.3 Å². The number of carbonyl (C=O) groups excluding carboxylic acids is 1. The number of methoxy groups -OCH3 is 1. The Balaban J connectivity index is 2.02.